The van der Waals surface area contributed by atoms with Gasteiger partial charge in [-0.2, -0.15) is 0 Å². The van der Waals surface area contributed by atoms with E-state index in [1.807, 2.05) is 25.1 Å². The second-order valence-electron chi connectivity index (χ2n) is 4.68. The highest BCUT2D eigenvalue weighted by molar-refractivity contribution is 7.92. The minimum absolute atomic E-state index is 0.270. The van der Waals surface area contributed by atoms with Crippen molar-refractivity contribution >= 4 is 15.7 Å². The molecule has 0 saturated heterocycles. The zero-order chi connectivity index (χ0) is 15.7. The summed E-state index contributed by atoms with van der Waals surface area (Å²) in [5, 5.41) is 0. The average Bonchev–Trinajstić information content (AvgIpc) is 2.49. The summed E-state index contributed by atoms with van der Waals surface area (Å²) in [7, 11) is -3.49. The lowest BCUT2D eigenvalue weighted by atomic mass is 10.1. The molecule has 0 unspecified atom stereocenters. The second kappa shape index (κ2) is 8.47. The monoisotopic (exact) mass is 305 g/mol. The molecule has 0 aliphatic rings. The molecule has 21 heavy (non-hydrogen) atoms. The number of benzene rings is 2. The summed E-state index contributed by atoms with van der Waals surface area (Å²) >= 11 is 0. The Kier molecular flexibility index (Phi) is 6.96. The molecule has 0 aliphatic heterocycles. The Morgan fingerprint density at radius 3 is 2.10 bits per heavy atom. The highest BCUT2D eigenvalue weighted by Gasteiger charge is 2.13. The number of aryl methyl sites for hydroxylation is 1. The highest BCUT2D eigenvalue weighted by atomic mass is 32.2. The molecule has 0 aliphatic carbocycles. The lowest BCUT2D eigenvalue weighted by Crippen LogP contribution is -2.12. The maximum absolute atomic E-state index is 12.1. The Hall–Kier alpha value is -1.81. The topological polar surface area (TPSA) is 46.2 Å². The third kappa shape index (κ3) is 5.60. The Morgan fingerprint density at radius 1 is 0.905 bits per heavy atom. The molecule has 0 atom stereocenters. The fourth-order valence-corrected chi connectivity index (χ4v) is 2.74. The average molecular weight is 305 g/mol. The van der Waals surface area contributed by atoms with Crippen LogP contribution in [0.3, 0.4) is 0 Å². The Bertz CT molecular complexity index is 637. The molecule has 4 heteroatoms. The van der Waals surface area contributed by atoms with Gasteiger partial charge >= 0.3 is 0 Å². The van der Waals surface area contributed by atoms with Crippen LogP contribution in [0.25, 0.3) is 0 Å². The van der Waals surface area contributed by atoms with E-state index in [0.717, 1.165) is 12.0 Å². The Labute approximate surface area is 128 Å². The van der Waals surface area contributed by atoms with Crippen LogP contribution >= 0.6 is 0 Å². The number of hydrogen-bond donors (Lipinski definition) is 1. The van der Waals surface area contributed by atoms with Crippen molar-refractivity contribution in [1.29, 1.82) is 0 Å². The standard InChI is InChI=1S/C14H15NO2S.C3H8/c1-2-12-7-6-8-13(11-12)15-18(16,17)14-9-4-3-5-10-14;1-3-2/h3-11,15H,2H2,1H3;3H2,1-2H3. The minimum atomic E-state index is -3.49. The van der Waals surface area contributed by atoms with E-state index in [9.17, 15) is 8.42 Å². The molecule has 2 aromatic rings. The van der Waals surface area contributed by atoms with Crippen molar-refractivity contribution in [3.05, 3.63) is 60.2 Å². The van der Waals surface area contributed by atoms with Crippen molar-refractivity contribution in [3.8, 4) is 0 Å². The number of sulfonamides is 1. The van der Waals surface area contributed by atoms with Crippen LogP contribution < -0.4 is 4.72 Å². The first-order valence-electron chi connectivity index (χ1n) is 7.20. The van der Waals surface area contributed by atoms with Crippen molar-refractivity contribution < 1.29 is 8.42 Å². The van der Waals surface area contributed by atoms with Gasteiger partial charge in [-0.1, -0.05) is 57.5 Å². The highest BCUT2D eigenvalue weighted by Crippen LogP contribution is 2.17. The van der Waals surface area contributed by atoms with Gasteiger partial charge < -0.3 is 0 Å². The maximum Gasteiger partial charge on any atom is 0.261 e. The van der Waals surface area contributed by atoms with Crippen molar-refractivity contribution in [2.75, 3.05) is 4.72 Å². The van der Waals surface area contributed by atoms with Crippen LogP contribution in [-0.4, -0.2) is 8.42 Å². The van der Waals surface area contributed by atoms with E-state index >= 15 is 0 Å². The van der Waals surface area contributed by atoms with E-state index in [4.69, 9.17) is 0 Å². The Balaban J connectivity index is 0.000000677. The van der Waals surface area contributed by atoms with E-state index in [1.165, 1.54) is 6.42 Å². The number of hydrogen-bond acceptors (Lipinski definition) is 2. The van der Waals surface area contributed by atoms with E-state index < -0.39 is 10.0 Å². The number of anilines is 1. The summed E-state index contributed by atoms with van der Waals surface area (Å²) in [5.74, 6) is 0. The summed E-state index contributed by atoms with van der Waals surface area (Å²) in [6.45, 7) is 6.28. The Morgan fingerprint density at radius 2 is 1.52 bits per heavy atom. The van der Waals surface area contributed by atoms with Gasteiger partial charge in [-0.15, -0.1) is 0 Å². The first kappa shape index (κ1) is 17.2. The van der Waals surface area contributed by atoms with E-state index in [-0.39, 0.29) is 4.90 Å². The molecule has 114 valence electrons. The lowest BCUT2D eigenvalue weighted by Gasteiger charge is -2.08. The van der Waals surface area contributed by atoms with Crippen molar-refractivity contribution in [2.24, 2.45) is 0 Å². The van der Waals surface area contributed by atoms with Crippen LogP contribution in [0.15, 0.2) is 59.5 Å². The number of nitrogens with one attached hydrogen (secondary N) is 1. The van der Waals surface area contributed by atoms with Gasteiger partial charge in [-0.3, -0.25) is 4.72 Å². The minimum Gasteiger partial charge on any atom is -0.280 e. The summed E-state index contributed by atoms with van der Waals surface area (Å²) < 4.78 is 26.8. The maximum atomic E-state index is 12.1. The van der Waals surface area contributed by atoms with E-state index in [1.54, 1.807) is 36.4 Å². The zero-order valence-electron chi connectivity index (χ0n) is 12.8. The molecular formula is C17H23NO2S. The van der Waals surface area contributed by atoms with Crippen LogP contribution in [0, 0.1) is 0 Å². The fourth-order valence-electron chi connectivity index (χ4n) is 1.67. The molecule has 0 aromatic heterocycles. The van der Waals surface area contributed by atoms with Gasteiger partial charge in [0.15, 0.2) is 0 Å². The van der Waals surface area contributed by atoms with Crippen LogP contribution in [0.2, 0.25) is 0 Å². The fraction of sp³-hybridized carbons (Fsp3) is 0.294. The van der Waals surface area contributed by atoms with Crippen molar-refractivity contribution in [2.45, 2.75) is 38.5 Å². The molecule has 2 aromatic carbocycles. The molecule has 0 saturated carbocycles. The number of rotatable bonds is 4. The largest absolute Gasteiger partial charge is 0.280 e. The molecule has 2 rings (SSSR count). The normalized spacial score (nSPS) is 10.4. The molecule has 0 radical (unpaired) electrons. The molecule has 0 amide bonds. The first-order valence-corrected chi connectivity index (χ1v) is 8.68. The van der Waals surface area contributed by atoms with E-state index in [0.29, 0.717) is 5.69 Å². The van der Waals surface area contributed by atoms with Gasteiger partial charge in [-0.25, -0.2) is 8.42 Å². The van der Waals surface area contributed by atoms with Crippen molar-refractivity contribution in [3.63, 3.8) is 0 Å². The third-order valence-corrected chi connectivity index (χ3v) is 4.04. The SMILES string of the molecule is CCC.CCc1cccc(NS(=O)(=O)c2ccccc2)c1. The summed E-state index contributed by atoms with van der Waals surface area (Å²) in [4.78, 5) is 0.270. The van der Waals surface area contributed by atoms with Crippen LogP contribution in [0.4, 0.5) is 5.69 Å². The predicted molar refractivity (Wildman–Crippen MR) is 89.0 cm³/mol. The van der Waals surface area contributed by atoms with Gasteiger partial charge in [0.25, 0.3) is 10.0 Å². The second-order valence-corrected chi connectivity index (χ2v) is 6.36. The zero-order valence-corrected chi connectivity index (χ0v) is 13.7. The smallest absolute Gasteiger partial charge is 0.261 e. The van der Waals surface area contributed by atoms with Gasteiger partial charge in [0.05, 0.1) is 4.90 Å². The van der Waals surface area contributed by atoms with Gasteiger partial charge in [0.1, 0.15) is 0 Å². The molecule has 0 spiro atoms. The molecule has 0 heterocycles. The van der Waals surface area contributed by atoms with Crippen LogP contribution in [0.5, 0.6) is 0 Å². The molecule has 1 N–H and O–H groups in total. The first-order chi connectivity index (χ1) is 10.0. The quantitative estimate of drug-likeness (QED) is 0.906. The summed E-state index contributed by atoms with van der Waals surface area (Å²) in [6, 6.07) is 15.8. The van der Waals surface area contributed by atoms with E-state index in [2.05, 4.69) is 18.6 Å². The summed E-state index contributed by atoms with van der Waals surface area (Å²) in [5.41, 5.74) is 1.70. The summed E-state index contributed by atoms with van der Waals surface area (Å²) in [6.07, 6.45) is 2.13. The molecule has 3 nitrogen and oxygen atoms in total. The predicted octanol–water partition coefficient (Wildman–Crippen LogP) is 4.47. The molecule has 0 bridgehead atoms. The molecular weight excluding hydrogens is 282 g/mol. The molecule has 0 fully saturated rings. The lowest BCUT2D eigenvalue weighted by molar-refractivity contribution is 0.601. The van der Waals surface area contributed by atoms with Crippen LogP contribution in [-0.2, 0) is 16.4 Å². The third-order valence-electron chi connectivity index (χ3n) is 2.64. The van der Waals surface area contributed by atoms with Crippen molar-refractivity contribution in [1.82, 2.24) is 0 Å². The van der Waals surface area contributed by atoms with Gasteiger partial charge in [0.2, 0.25) is 0 Å². The van der Waals surface area contributed by atoms with Gasteiger partial charge in [-0.05, 0) is 36.2 Å². The van der Waals surface area contributed by atoms with Gasteiger partial charge in [0, 0.05) is 5.69 Å². The van der Waals surface area contributed by atoms with Crippen LogP contribution in [0.1, 0.15) is 32.8 Å².